The molecule has 1 aromatic rings. The van der Waals surface area contributed by atoms with Crippen LogP contribution in [0.2, 0.25) is 10.0 Å². The minimum absolute atomic E-state index is 0.0421. The fraction of sp³-hybridized carbons (Fsp3) is 0.579. The molecule has 1 N–H and O–H groups in total. The zero-order chi connectivity index (χ0) is 18.4. The van der Waals surface area contributed by atoms with Gasteiger partial charge in [-0.1, -0.05) is 56.0 Å². The number of hydrogen-bond donors (Lipinski definition) is 1. The molecule has 1 aliphatic carbocycles. The third kappa shape index (κ3) is 5.35. The van der Waals surface area contributed by atoms with Crippen molar-refractivity contribution in [1.29, 1.82) is 0 Å². The number of carbonyl (C=O) groups excluding carboxylic acids is 2. The van der Waals surface area contributed by atoms with Gasteiger partial charge in [0, 0.05) is 19.0 Å². The Balaban J connectivity index is 2.16. The normalized spacial score (nSPS) is 15.8. The van der Waals surface area contributed by atoms with Gasteiger partial charge in [0.1, 0.15) is 6.04 Å². The molecule has 0 radical (unpaired) electrons. The maximum absolute atomic E-state index is 12.8. The second-order valence-corrected chi connectivity index (χ2v) is 7.35. The van der Waals surface area contributed by atoms with Crippen LogP contribution in [0, 0.1) is 0 Å². The van der Waals surface area contributed by atoms with E-state index in [0.29, 0.717) is 29.4 Å². The Hall–Kier alpha value is -1.26. The van der Waals surface area contributed by atoms with Crippen LogP contribution in [-0.4, -0.2) is 28.8 Å². The smallest absolute Gasteiger partial charge is 0.243 e. The standard InChI is InChI=1S/C19H26Cl2N2O2/c1-3-17(19(25)22-14-7-5-6-8-14)23(18(24)4-2)12-13-9-10-15(20)16(21)11-13/h9-11,14,17H,3-8,12H2,1-2H3,(H,22,25). The van der Waals surface area contributed by atoms with E-state index in [0.717, 1.165) is 31.2 Å². The molecule has 1 saturated carbocycles. The van der Waals surface area contributed by atoms with Crippen LogP contribution in [0.1, 0.15) is 57.9 Å². The summed E-state index contributed by atoms with van der Waals surface area (Å²) >= 11 is 12.1. The molecule has 1 unspecified atom stereocenters. The summed E-state index contributed by atoms with van der Waals surface area (Å²) in [7, 11) is 0. The quantitative estimate of drug-likeness (QED) is 0.748. The third-order valence-corrected chi connectivity index (χ3v) is 5.47. The molecule has 25 heavy (non-hydrogen) atoms. The van der Waals surface area contributed by atoms with E-state index >= 15 is 0 Å². The van der Waals surface area contributed by atoms with Gasteiger partial charge < -0.3 is 10.2 Å². The van der Waals surface area contributed by atoms with E-state index in [4.69, 9.17) is 23.2 Å². The predicted octanol–water partition coefficient (Wildman–Crippen LogP) is 4.57. The molecule has 6 heteroatoms. The summed E-state index contributed by atoms with van der Waals surface area (Å²) in [4.78, 5) is 26.9. The van der Waals surface area contributed by atoms with Gasteiger partial charge in [0.15, 0.2) is 0 Å². The van der Waals surface area contributed by atoms with Crippen molar-refractivity contribution in [2.24, 2.45) is 0 Å². The van der Waals surface area contributed by atoms with Crippen LogP contribution in [0.3, 0.4) is 0 Å². The number of benzene rings is 1. The van der Waals surface area contributed by atoms with E-state index in [1.54, 1.807) is 17.0 Å². The molecule has 0 aliphatic heterocycles. The van der Waals surface area contributed by atoms with Crippen LogP contribution < -0.4 is 5.32 Å². The molecule has 0 heterocycles. The van der Waals surface area contributed by atoms with Gasteiger partial charge in [0.2, 0.25) is 11.8 Å². The first-order valence-electron chi connectivity index (χ1n) is 9.00. The maximum atomic E-state index is 12.8. The zero-order valence-electron chi connectivity index (χ0n) is 14.9. The average molecular weight is 385 g/mol. The van der Waals surface area contributed by atoms with E-state index < -0.39 is 6.04 Å². The monoisotopic (exact) mass is 384 g/mol. The molecule has 138 valence electrons. The first-order valence-corrected chi connectivity index (χ1v) is 9.75. The highest BCUT2D eigenvalue weighted by Crippen LogP contribution is 2.24. The van der Waals surface area contributed by atoms with Crippen LogP contribution in [0.15, 0.2) is 18.2 Å². The Kier molecular flexibility index (Phi) is 7.57. The first-order chi connectivity index (χ1) is 12.0. The Morgan fingerprint density at radius 3 is 2.44 bits per heavy atom. The lowest BCUT2D eigenvalue weighted by Crippen LogP contribution is -2.50. The predicted molar refractivity (Wildman–Crippen MR) is 102 cm³/mol. The van der Waals surface area contributed by atoms with Gasteiger partial charge in [0.25, 0.3) is 0 Å². The molecule has 4 nitrogen and oxygen atoms in total. The lowest BCUT2D eigenvalue weighted by molar-refractivity contribution is -0.141. The van der Waals surface area contributed by atoms with E-state index in [1.807, 2.05) is 19.9 Å². The fourth-order valence-corrected chi connectivity index (χ4v) is 3.65. The minimum atomic E-state index is -0.470. The van der Waals surface area contributed by atoms with Crippen molar-refractivity contribution in [2.75, 3.05) is 0 Å². The Labute approximate surface area is 159 Å². The number of halogens is 2. The topological polar surface area (TPSA) is 49.4 Å². The van der Waals surface area contributed by atoms with E-state index in [-0.39, 0.29) is 17.9 Å². The molecule has 2 rings (SSSR count). The summed E-state index contributed by atoms with van der Waals surface area (Å²) in [5.41, 5.74) is 0.864. The molecular formula is C19H26Cl2N2O2. The van der Waals surface area contributed by atoms with Crippen molar-refractivity contribution >= 4 is 35.0 Å². The zero-order valence-corrected chi connectivity index (χ0v) is 16.4. The molecule has 1 atom stereocenters. The SMILES string of the molecule is CCC(=O)N(Cc1ccc(Cl)c(Cl)c1)C(CC)C(=O)NC1CCCC1. The van der Waals surface area contributed by atoms with Crippen molar-refractivity contribution in [3.05, 3.63) is 33.8 Å². The second kappa shape index (κ2) is 9.44. The van der Waals surface area contributed by atoms with Crippen LogP contribution in [0.5, 0.6) is 0 Å². The Morgan fingerprint density at radius 2 is 1.88 bits per heavy atom. The Bertz CT molecular complexity index is 615. The molecule has 0 saturated heterocycles. The first kappa shape index (κ1) is 20.1. The molecule has 1 aliphatic rings. The highest BCUT2D eigenvalue weighted by atomic mass is 35.5. The summed E-state index contributed by atoms with van der Waals surface area (Å²) in [5.74, 6) is -0.101. The summed E-state index contributed by atoms with van der Waals surface area (Å²) < 4.78 is 0. The molecule has 1 fully saturated rings. The van der Waals surface area contributed by atoms with Crippen LogP contribution in [0.25, 0.3) is 0 Å². The van der Waals surface area contributed by atoms with Gasteiger partial charge >= 0.3 is 0 Å². The highest BCUT2D eigenvalue weighted by Gasteiger charge is 2.29. The van der Waals surface area contributed by atoms with E-state index in [2.05, 4.69) is 5.32 Å². The summed E-state index contributed by atoms with van der Waals surface area (Å²) in [6, 6.07) is 5.08. The van der Waals surface area contributed by atoms with Crippen LogP contribution in [0.4, 0.5) is 0 Å². The number of amides is 2. The number of rotatable bonds is 7. The van der Waals surface area contributed by atoms with Gasteiger partial charge in [0.05, 0.1) is 10.0 Å². The molecule has 1 aromatic carbocycles. The summed E-state index contributed by atoms with van der Waals surface area (Å²) in [6.45, 7) is 4.09. The van der Waals surface area contributed by atoms with Gasteiger partial charge in [-0.3, -0.25) is 9.59 Å². The highest BCUT2D eigenvalue weighted by molar-refractivity contribution is 6.42. The van der Waals surface area contributed by atoms with Gasteiger partial charge in [-0.2, -0.15) is 0 Å². The largest absolute Gasteiger partial charge is 0.352 e. The van der Waals surface area contributed by atoms with Crippen molar-refractivity contribution in [3.8, 4) is 0 Å². The lowest BCUT2D eigenvalue weighted by atomic mass is 10.1. The minimum Gasteiger partial charge on any atom is -0.352 e. The molecule has 0 spiro atoms. The van der Waals surface area contributed by atoms with E-state index in [9.17, 15) is 9.59 Å². The van der Waals surface area contributed by atoms with Crippen molar-refractivity contribution < 1.29 is 9.59 Å². The number of hydrogen-bond acceptors (Lipinski definition) is 2. The molecule has 0 bridgehead atoms. The number of carbonyl (C=O) groups is 2. The van der Waals surface area contributed by atoms with Gasteiger partial charge in [-0.25, -0.2) is 0 Å². The lowest BCUT2D eigenvalue weighted by Gasteiger charge is -2.31. The van der Waals surface area contributed by atoms with Gasteiger partial charge in [-0.15, -0.1) is 0 Å². The van der Waals surface area contributed by atoms with Crippen molar-refractivity contribution in [2.45, 2.75) is 71.0 Å². The van der Waals surface area contributed by atoms with Crippen LogP contribution >= 0.6 is 23.2 Å². The summed E-state index contributed by atoms with van der Waals surface area (Å²) in [6.07, 6.45) is 5.29. The van der Waals surface area contributed by atoms with E-state index in [1.165, 1.54) is 0 Å². The number of nitrogens with one attached hydrogen (secondary N) is 1. The van der Waals surface area contributed by atoms with Crippen molar-refractivity contribution in [3.63, 3.8) is 0 Å². The molecule has 2 amide bonds. The fourth-order valence-electron chi connectivity index (χ4n) is 3.32. The summed E-state index contributed by atoms with van der Waals surface area (Å²) in [5, 5.41) is 4.04. The van der Waals surface area contributed by atoms with Crippen molar-refractivity contribution in [1.82, 2.24) is 10.2 Å². The average Bonchev–Trinajstić information content (AvgIpc) is 3.10. The maximum Gasteiger partial charge on any atom is 0.243 e. The van der Waals surface area contributed by atoms with Crippen LogP contribution in [-0.2, 0) is 16.1 Å². The second-order valence-electron chi connectivity index (χ2n) is 6.54. The number of nitrogens with zero attached hydrogens (tertiary/aromatic N) is 1. The van der Waals surface area contributed by atoms with Gasteiger partial charge in [-0.05, 0) is 37.0 Å². The third-order valence-electron chi connectivity index (χ3n) is 4.73. The molecule has 0 aromatic heterocycles. The Morgan fingerprint density at radius 1 is 1.20 bits per heavy atom. The molecular weight excluding hydrogens is 359 g/mol.